The number of rotatable bonds is 5. The molecule has 0 aromatic heterocycles. The Morgan fingerprint density at radius 2 is 1.95 bits per heavy atom. The molecule has 5 heteroatoms. The second-order valence-electron chi connectivity index (χ2n) is 7.46. The van der Waals surface area contributed by atoms with Gasteiger partial charge in [-0.3, -0.25) is 4.79 Å². The molecule has 1 rings (SSSR count). The molecule has 1 aliphatic rings. The first-order chi connectivity index (χ1) is 8.52. The highest BCUT2D eigenvalue weighted by atomic mass is 28.3. The maximum absolute atomic E-state index is 11.7. The average molecular weight is 287 g/mol. The molecule has 112 valence electrons. The summed E-state index contributed by atoms with van der Waals surface area (Å²) < 4.78 is 0. The van der Waals surface area contributed by atoms with Crippen molar-refractivity contribution in [2.45, 2.75) is 64.0 Å². The van der Waals surface area contributed by atoms with Gasteiger partial charge < -0.3 is 15.1 Å². The van der Waals surface area contributed by atoms with E-state index in [-0.39, 0.29) is 29.5 Å². The van der Waals surface area contributed by atoms with Gasteiger partial charge >= 0.3 is 0 Å². The second kappa shape index (κ2) is 5.54. The van der Waals surface area contributed by atoms with Gasteiger partial charge in [-0.05, 0) is 5.04 Å². The highest BCUT2D eigenvalue weighted by Gasteiger charge is 2.46. The maximum Gasteiger partial charge on any atom is 0.225 e. The lowest BCUT2D eigenvalue weighted by molar-refractivity contribution is -0.150. The van der Waals surface area contributed by atoms with E-state index in [2.05, 4.69) is 33.9 Å². The first kappa shape index (κ1) is 16.7. The quantitative estimate of drug-likeness (QED) is 0.597. The summed E-state index contributed by atoms with van der Waals surface area (Å²) in [4.78, 5) is 13.5. The Morgan fingerprint density at radius 3 is 2.32 bits per heavy atom. The van der Waals surface area contributed by atoms with Gasteiger partial charge in [-0.25, -0.2) is 0 Å². The van der Waals surface area contributed by atoms with Gasteiger partial charge in [0, 0.05) is 31.5 Å². The molecule has 1 amide bonds. The van der Waals surface area contributed by atoms with E-state index in [0.29, 0.717) is 13.0 Å². The van der Waals surface area contributed by atoms with E-state index in [1.54, 1.807) is 4.90 Å². The van der Waals surface area contributed by atoms with Crippen LogP contribution in [0.4, 0.5) is 0 Å². The van der Waals surface area contributed by atoms with Crippen LogP contribution in [0.15, 0.2) is 0 Å². The lowest BCUT2D eigenvalue weighted by atomic mass is 9.90. The molecule has 1 saturated heterocycles. The van der Waals surface area contributed by atoms with Gasteiger partial charge in [0.15, 0.2) is 0 Å². The number of nitrogens with zero attached hydrogens (tertiary/aromatic N) is 1. The van der Waals surface area contributed by atoms with E-state index < -0.39 is 13.8 Å². The Labute approximate surface area is 117 Å². The smallest absolute Gasteiger partial charge is 0.225 e. The van der Waals surface area contributed by atoms with Gasteiger partial charge in [-0.15, -0.1) is 0 Å². The third-order valence-electron chi connectivity index (χ3n) is 5.18. The third-order valence-corrected chi connectivity index (χ3v) is 10.9. The van der Waals surface area contributed by atoms with Gasteiger partial charge in [0.05, 0.1) is 13.8 Å². The van der Waals surface area contributed by atoms with Crippen molar-refractivity contribution in [2.24, 2.45) is 5.92 Å². The minimum absolute atomic E-state index is 0.0873. The fourth-order valence-electron chi connectivity index (χ4n) is 2.26. The average Bonchev–Trinajstić information content (AvgIpc) is 2.30. The first-order valence-corrected chi connectivity index (χ1v) is 10.2. The van der Waals surface area contributed by atoms with Crippen molar-refractivity contribution in [3.05, 3.63) is 0 Å². The van der Waals surface area contributed by atoms with Crippen LogP contribution in [0.2, 0.25) is 18.1 Å². The number of likely N-dealkylation sites (tertiary alicyclic amines) is 1. The number of aliphatic hydroxyl groups excluding tert-OH is 2. The topological polar surface area (TPSA) is 60.8 Å². The van der Waals surface area contributed by atoms with Crippen molar-refractivity contribution in [1.29, 1.82) is 0 Å². The zero-order chi connectivity index (χ0) is 15.0. The highest BCUT2D eigenvalue weighted by Crippen LogP contribution is 2.39. The van der Waals surface area contributed by atoms with E-state index in [4.69, 9.17) is 0 Å². The Kier molecular flexibility index (Phi) is 4.86. The monoisotopic (exact) mass is 287 g/mol. The summed E-state index contributed by atoms with van der Waals surface area (Å²) in [6.45, 7) is 13.3. The van der Waals surface area contributed by atoms with Crippen molar-refractivity contribution in [2.75, 3.05) is 13.2 Å². The third kappa shape index (κ3) is 3.20. The Bertz CT molecular complexity index is 338. The summed E-state index contributed by atoms with van der Waals surface area (Å²) in [7, 11) is -1.86. The fourth-order valence-corrected chi connectivity index (χ4v) is 3.91. The molecule has 1 heterocycles. The Hall–Kier alpha value is -0.393. The summed E-state index contributed by atoms with van der Waals surface area (Å²) in [5.74, 6) is 0.187. The van der Waals surface area contributed by atoms with Gasteiger partial charge in [-0.2, -0.15) is 0 Å². The molecule has 3 atom stereocenters. The lowest BCUT2D eigenvalue weighted by Gasteiger charge is -2.48. The zero-order valence-electron chi connectivity index (χ0n) is 13.1. The lowest BCUT2D eigenvalue weighted by Crippen LogP contribution is -2.62. The minimum Gasteiger partial charge on any atom is -0.396 e. The molecule has 0 saturated carbocycles. The molecule has 4 nitrogen and oxygen atoms in total. The molecule has 0 bridgehead atoms. The number of carbonyl (C=O) groups is 1. The molecule has 0 spiro atoms. The zero-order valence-corrected chi connectivity index (χ0v) is 14.1. The predicted octanol–water partition coefficient (Wildman–Crippen LogP) is 1.62. The van der Waals surface area contributed by atoms with Crippen molar-refractivity contribution in [3.8, 4) is 0 Å². The van der Waals surface area contributed by atoms with E-state index >= 15 is 0 Å². The van der Waals surface area contributed by atoms with Crippen molar-refractivity contribution >= 4 is 14.0 Å². The number of hydrogen-bond donors (Lipinski definition) is 2. The normalized spacial score (nSPS) is 24.1. The molecule has 0 aromatic carbocycles. The van der Waals surface area contributed by atoms with Gasteiger partial charge in [0.2, 0.25) is 5.91 Å². The van der Waals surface area contributed by atoms with Crippen LogP contribution in [0.1, 0.15) is 34.1 Å². The first-order valence-electron chi connectivity index (χ1n) is 7.10. The van der Waals surface area contributed by atoms with Crippen LogP contribution in [0.25, 0.3) is 0 Å². The molecule has 1 fully saturated rings. The summed E-state index contributed by atoms with van der Waals surface area (Å²) in [5.41, 5.74) is -0.426. The standard InChI is InChI=1S/C14H29NO3Si/c1-10(9-16)11-7-12(17)15(11)8-13(18)19(5,6)14(2,3)4/h10-11,13,16,18H,7-9H2,1-6H3. The molecule has 0 radical (unpaired) electrons. The van der Waals surface area contributed by atoms with Crippen molar-refractivity contribution in [3.63, 3.8) is 0 Å². The van der Waals surface area contributed by atoms with Crippen LogP contribution in [0, 0.1) is 5.92 Å². The molecule has 2 N–H and O–H groups in total. The van der Waals surface area contributed by atoms with E-state index in [1.807, 2.05) is 6.92 Å². The van der Waals surface area contributed by atoms with Gasteiger partial charge in [0.25, 0.3) is 0 Å². The summed E-state index contributed by atoms with van der Waals surface area (Å²) in [5, 5.41) is 19.8. The van der Waals surface area contributed by atoms with E-state index in [9.17, 15) is 15.0 Å². The summed E-state index contributed by atoms with van der Waals surface area (Å²) in [6, 6.07) is 0.0944. The van der Waals surface area contributed by atoms with Gasteiger partial charge in [0.1, 0.15) is 0 Å². The summed E-state index contributed by atoms with van der Waals surface area (Å²) in [6.07, 6.45) is 0.506. The van der Waals surface area contributed by atoms with Crippen LogP contribution < -0.4 is 0 Å². The van der Waals surface area contributed by atoms with Crippen molar-refractivity contribution < 1.29 is 15.0 Å². The van der Waals surface area contributed by atoms with Crippen molar-refractivity contribution in [1.82, 2.24) is 4.90 Å². The number of carbonyl (C=O) groups excluding carboxylic acids is 1. The van der Waals surface area contributed by atoms with Crippen LogP contribution in [0.5, 0.6) is 0 Å². The molecule has 0 aliphatic carbocycles. The second-order valence-corrected chi connectivity index (χ2v) is 13.1. The molecular formula is C14H29NO3Si. The largest absolute Gasteiger partial charge is 0.396 e. The molecule has 0 aromatic rings. The number of amides is 1. The Balaban J connectivity index is 2.71. The van der Waals surface area contributed by atoms with Crippen LogP contribution in [-0.4, -0.2) is 54.0 Å². The molecule has 19 heavy (non-hydrogen) atoms. The van der Waals surface area contributed by atoms with E-state index in [0.717, 1.165) is 0 Å². The number of aliphatic hydroxyl groups is 2. The Morgan fingerprint density at radius 1 is 1.42 bits per heavy atom. The van der Waals surface area contributed by atoms with Gasteiger partial charge in [-0.1, -0.05) is 40.8 Å². The summed E-state index contributed by atoms with van der Waals surface area (Å²) >= 11 is 0. The van der Waals surface area contributed by atoms with E-state index in [1.165, 1.54) is 0 Å². The predicted molar refractivity (Wildman–Crippen MR) is 79.6 cm³/mol. The maximum atomic E-state index is 11.7. The van der Waals surface area contributed by atoms with Crippen LogP contribution in [0.3, 0.4) is 0 Å². The fraction of sp³-hybridized carbons (Fsp3) is 0.929. The number of β-lactam (4-membered cyclic amide) rings is 1. The SMILES string of the molecule is CC(CO)C1CC(=O)N1CC(O)[Si](C)(C)C(C)(C)C. The molecule has 3 unspecified atom stereocenters. The number of hydrogen-bond acceptors (Lipinski definition) is 3. The minimum atomic E-state index is -1.86. The molecule has 1 aliphatic heterocycles. The highest BCUT2D eigenvalue weighted by molar-refractivity contribution is 6.81. The molecular weight excluding hydrogens is 258 g/mol. The van der Waals surface area contributed by atoms with Crippen LogP contribution >= 0.6 is 0 Å². The number of β-amino-alcohol motifs (C(OH)–C–C–N with tert-alkyl or cyclic N) is 1. The van der Waals surface area contributed by atoms with Crippen LogP contribution in [-0.2, 0) is 4.79 Å².